The second-order valence-corrected chi connectivity index (χ2v) is 4.16. The van der Waals surface area contributed by atoms with Crippen LogP contribution in [0, 0.1) is 0 Å². The van der Waals surface area contributed by atoms with Gasteiger partial charge in [0.2, 0.25) is 0 Å². The second-order valence-electron chi connectivity index (χ2n) is 2.56. The van der Waals surface area contributed by atoms with Gasteiger partial charge in [0.05, 0.1) is 0 Å². The van der Waals surface area contributed by atoms with E-state index in [9.17, 15) is 0 Å². The minimum atomic E-state index is 0.310. The average molecular weight is 196 g/mol. The molecule has 1 atom stereocenters. The maximum absolute atomic E-state index is 5.91. The molecule has 0 saturated carbocycles. The van der Waals surface area contributed by atoms with Crippen LogP contribution in [-0.2, 0) is 0 Å². The first kappa shape index (κ1) is 11.6. The summed E-state index contributed by atoms with van der Waals surface area (Å²) in [5, 5.41) is 3.64. The van der Waals surface area contributed by atoms with Crippen LogP contribution in [0.3, 0.4) is 0 Å². The zero-order valence-corrected chi connectivity index (χ0v) is 8.97. The van der Waals surface area contributed by atoms with Gasteiger partial charge in [-0.1, -0.05) is 6.92 Å². The standard InChI is InChI=1S/C8H18ClNS/c1-3-8(9)7-10-5-4-6-11-2/h8,10H,3-7H2,1-2H3. The Morgan fingerprint density at radius 2 is 2.27 bits per heavy atom. The molecule has 0 aromatic rings. The average Bonchev–Trinajstić information content (AvgIpc) is 2.04. The first-order valence-electron chi connectivity index (χ1n) is 4.15. The lowest BCUT2D eigenvalue weighted by Gasteiger charge is -2.07. The SMILES string of the molecule is CCC(Cl)CNCCCSC. The topological polar surface area (TPSA) is 12.0 Å². The van der Waals surface area contributed by atoms with Crippen LogP contribution in [0.25, 0.3) is 0 Å². The minimum absolute atomic E-state index is 0.310. The van der Waals surface area contributed by atoms with Gasteiger partial charge in [-0.2, -0.15) is 11.8 Å². The van der Waals surface area contributed by atoms with Crippen molar-refractivity contribution in [1.29, 1.82) is 0 Å². The second kappa shape index (κ2) is 8.69. The summed E-state index contributed by atoms with van der Waals surface area (Å²) in [5.74, 6) is 1.24. The Labute approximate surface area is 79.3 Å². The fourth-order valence-corrected chi connectivity index (χ4v) is 1.29. The number of hydrogen-bond acceptors (Lipinski definition) is 2. The maximum Gasteiger partial charge on any atom is 0.0458 e. The number of nitrogens with one attached hydrogen (secondary N) is 1. The number of alkyl halides is 1. The van der Waals surface area contributed by atoms with Gasteiger partial charge in [0, 0.05) is 11.9 Å². The van der Waals surface area contributed by atoms with Crippen molar-refractivity contribution in [2.45, 2.75) is 25.1 Å². The summed E-state index contributed by atoms with van der Waals surface area (Å²) in [6, 6.07) is 0. The molecule has 0 radical (unpaired) electrons. The Morgan fingerprint density at radius 1 is 1.55 bits per heavy atom. The summed E-state index contributed by atoms with van der Waals surface area (Å²) < 4.78 is 0. The van der Waals surface area contributed by atoms with Crippen LogP contribution in [0.2, 0.25) is 0 Å². The van der Waals surface area contributed by atoms with Gasteiger partial charge in [-0.15, -0.1) is 11.6 Å². The Bertz CT molecular complexity index is 80.5. The predicted molar refractivity (Wildman–Crippen MR) is 55.8 cm³/mol. The van der Waals surface area contributed by atoms with Crippen molar-refractivity contribution in [3.8, 4) is 0 Å². The highest BCUT2D eigenvalue weighted by molar-refractivity contribution is 7.98. The van der Waals surface area contributed by atoms with E-state index in [1.165, 1.54) is 12.2 Å². The quantitative estimate of drug-likeness (QED) is 0.495. The third kappa shape index (κ3) is 8.51. The van der Waals surface area contributed by atoms with Gasteiger partial charge >= 0.3 is 0 Å². The lowest BCUT2D eigenvalue weighted by Crippen LogP contribution is -2.24. The molecule has 1 N–H and O–H groups in total. The third-order valence-electron chi connectivity index (χ3n) is 1.51. The molecule has 0 heterocycles. The van der Waals surface area contributed by atoms with Crippen LogP contribution >= 0.6 is 23.4 Å². The summed E-state index contributed by atoms with van der Waals surface area (Å²) in [4.78, 5) is 0. The molecule has 11 heavy (non-hydrogen) atoms. The molecule has 3 heteroatoms. The van der Waals surface area contributed by atoms with Gasteiger partial charge in [0.25, 0.3) is 0 Å². The van der Waals surface area contributed by atoms with E-state index in [1.807, 2.05) is 11.8 Å². The molecule has 0 aromatic heterocycles. The molecule has 0 saturated heterocycles. The monoisotopic (exact) mass is 195 g/mol. The van der Waals surface area contributed by atoms with Crippen molar-refractivity contribution in [2.75, 3.05) is 25.1 Å². The van der Waals surface area contributed by atoms with E-state index in [-0.39, 0.29) is 0 Å². The van der Waals surface area contributed by atoms with Gasteiger partial charge < -0.3 is 5.32 Å². The van der Waals surface area contributed by atoms with E-state index >= 15 is 0 Å². The summed E-state index contributed by atoms with van der Waals surface area (Å²) in [5.41, 5.74) is 0. The van der Waals surface area contributed by atoms with Crippen molar-refractivity contribution in [1.82, 2.24) is 5.32 Å². The molecule has 68 valence electrons. The molecule has 0 aliphatic heterocycles. The molecular formula is C8H18ClNS. The predicted octanol–water partition coefficient (Wildman–Crippen LogP) is 2.35. The van der Waals surface area contributed by atoms with Crippen LogP contribution < -0.4 is 5.32 Å². The normalized spacial score (nSPS) is 13.4. The van der Waals surface area contributed by atoms with Gasteiger partial charge in [0.15, 0.2) is 0 Å². The highest BCUT2D eigenvalue weighted by Gasteiger charge is 1.98. The smallest absolute Gasteiger partial charge is 0.0458 e. The van der Waals surface area contributed by atoms with Crippen LogP contribution in [-0.4, -0.2) is 30.5 Å². The van der Waals surface area contributed by atoms with Crippen LogP contribution in [0.1, 0.15) is 19.8 Å². The molecule has 0 amide bonds. The number of thioether (sulfide) groups is 1. The molecule has 1 nitrogen and oxygen atoms in total. The molecule has 0 aliphatic rings. The highest BCUT2D eigenvalue weighted by atomic mass is 35.5. The minimum Gasteiger partial charge on any atom is -0.315 e. The summed E-state index contributed by atoms with van der Waals surface area (Å²) in [6.45, 7) is 4.16. The first-order valence-corrected chi connectivity index (χ1v) is 5.98. The molecular weight excluding hydrogens is 178 g/mol. The van der Waals surface area contributed by atoms with E-state index in [1.54, 1.807) is 0 Å². The molecule has 0 fully saturated rings. The largest absolute Gasteiger partial charge is 0.315 e. The van der Waals surface area contributed by atoms with Crippen molar-refractivity contribution < 1.29 is 0 Å². The fourth-order valence-electron chi connectivity index (χ4n) is 0.745. The van der Waals surface area contributed by atoms with Crippen LogP contribution in [0.5, 0.6) is 0 Å². The Kier molecular flexibility index (Phi) is 9.17. The van der Waals surface area contributed by atoms with Gasteiger partial charge in [-0.25, -0.2) is 0 Å². The summed E-state index contributed by atoms with van der Waals surface area (Å²) in [7, 11) is 0. The van der Waals surface area contributed by atoms with Gasteiger partial charge in [-0.3, -0.25) is 0 Å². The molecule has 0 spiro atoms. The molecule has 0 aromatic carbocycles. The molecule has 0 rings (SSSR count). The van der Waals surface area contributed by atoms with Crippen molar-refractivity contribution in [2.24, 2.45) is 0 Å². The molecule has 0 bridgehead atoms. The summed E-state index contributed by atoms with van der Waals surface area (Å²) >= 11 is 7.80. The number of rotatable bonds is 7. The highest BCUT2D eigenvalue weighted by Crippen LogP contribution is 1.98. The summed E-state index contributed by atoms with van der Waals surface area (Å²) in [6.07, 6.45) is 4.43. The Hall–Kier alpha value is 0.600. The lowest BCUT2D eigenvalue weighted by atomic mass is 10.3. The molecule has 0 aliphatic carbocycles. The van der Waals surface area contributed by atoms with E-state index < -0.39 is 0 Å². The Morgan fingerprint density at radius 3 is 2.82 bits per heavy atom. The third-order valence-corrected chi connectivity index (χ3v) is 2.67. The molecule has 1 unspecified atom stereocenters. The van der Waals surface area contributed by atoms with Crippen LogP contribution in [0.15, 0.2) is 0 Å². The number of halogens is 1. The van der Waals surface area contributed by atoms with E-state index in [2.05, 4.69) is 18.5 Å². The van der Waals surface area contributed by atoms with Crippen LogP contribution in [0.4, 0.5) is 0 Å². The van der Waals surface area contributed by atoms with Crippen molar-refractivity contribution in [3.05, 3.63) is 0 Å². The van der Waals surface area contributed by atoms with Crippen molar-refractivity contribution >= 4 is 23.4 Å². The Balaban J connectivity index is 2.89. The zero-order valence-electron chi connectivity index (χ0n) is 7.40. The lowest BCUT2D eigenvalue weighted by molar-refractivity contribution is 0.640. The first-order chi connectivity index (χ1) is 5.31. The van der Waals surface area contributed by atoms with E-state index in [0.717, 1.165) is 19.5 Å². The van der Waals surface area contributed by atoms with Crippen molar-refractivity contribution in [3.63, 3.8) is 0 Å². The van der Waals surface area contributed by atoms with Gasteiger partial charge in [0.1, 0.15) is 0 Å². The number of hydrogen-bond donors (Lipinski definition) is 1. The fraction of sp³-hybridized carbons (Fsp3) is 1.00. The van der Waals surface area contributed by atoms with E-state index in [0.29, 0.717) is 5.38 Å². The van der Waals surface area contributed by atoms with E-state index in [4.69, 9.17) is 11.6 Å². The zero-order chi connectivity index (χ0) is 8.53. The maximum atomic E-state index is 5.91. The van der Waals surface area contributed by atoms with Gasteiger partial charge in [-0.05, 0) is 31.4 Å².